The van der Waals surface area contributed by atoms with Crippen molar-refractivity contribution in [2.45, 2.75) is 43.4 Å². The summed E-state index contributed by atoms with van der Waals surface area (Å²) in [4.78, 5) is 16.0. The van der Waals surface area contributed by atoms with Crippen LogP contribution in [0.15, 0.2) is 58.5 Å². The van der Waals surface area contributed by atoms with Gasteiger partial charge < -0.3 is 9.47 Å². The lowest BCUT2D eigenvalue weighted by Gasteiger charge is -2.29. The van der Waals surface area contributed by atoms with Crippen LogP contribution in [0.4, 0.5) is 0 Å². The molecule has 1 aliphatic rings. The third-order valence-electron chi connectivity index (χ3n) is 6.35. The van der Waals surface area contributed by atoms with E-state index in [1.807, 2.05) is 52.9 Å². The molecule has 0 saturated carbocycles. The molecular weight excluding hydrogens is 516 g/mol. The van der Waals surface area contributed by atoms with Gasteiger partial charge in [-0.25, -0.2) is 8.97 Å². The number of benzene rings is 2. The van der Waals surface area contributed by atoms with Crippen molar-refractivity contribution < 1.29 is 9.47 Å². The topological polar surface area (TPSA) is 70.7 Å². The molecule has 10 heteroatoms. The first-order chi connectivity index (χ1) is 17.4. The van der Waals surface area contributed by atoms with Crippen molar-refractivity contribution in [2.75, 3.05) is 7.11 Å². The van der Waals surface area contributed by atoms with Crippen molar-refractivity contribution in [3.05, 3.63) is 79.9 Å². The Morgan fingerprint density at radius 1 is 1.17 bits per heavy atom. The highest BCUT2D eigenvalue weighted by atomic mass is 35.5. The molecule has 0 atom stereocenters. The Bertz CT molecular complexity index is 1670. The molecule has 7 nitrogen and oxygen atoms in total. The molecule has 0 spiro atoms. The number of ether oxygens (including phenoxy) is 2. The molecule has 184 valence electrons. The smallest absolute Gasteiger partial charge is 0.268 e. The summed E-state index contributed by atoms with van der Waals surface area (Å²) in [6, 6.07) is 15.2. The molecule has 3 aromatic heterocycles. The van der Waals surface area contributed by atoms with Crippen LogP contribution in [0.3, 0.4) is 0 Å². The van der Waals surface area contributed by atoms with E-state index in [1.54, 1.807) is 34.8 Å². The summed E-state index contributed by atoms with van der Waals surface area (Å²) >= 11 is 9.53. The average Bonchev–Trinajstić information content (AvgIpc) is 3.45. The Morgan fingerprint density at radius 3 is 2.69 bits per heavy atom. The number of aromatic nitrogens is 4. The Morgan fingerprint density at radius 2 is 1.94 bits per heavy atom. The fraction of sp³-hybridized carbons (Fsp3) is 0.269. The number of methoxy groups -OCH3 is 1. The lowest BCUT2D eigenvalue weighted by molar-refractivity contribution is -0.0379. The second-order valence-electron chi connectivity index (χ2n) is 9.25. The lowest BCUT2D eigenvalue weighted by atomic mass is 9.94. The van der Waals surface area contributed by atoms with Crippen molar-refractivity contribution in [3.63, 3.8) is 0 Å². The predicted octanol–water partition coefficient (Wildman–Crippen LogP) is 5.90. The van der Waals surface area contributed by atoms with Gasteiger partial charge in [-0.1, -0.05) is 41.6 Å². The van der Waals surface area contributed by atoms with Crippen LogP contribution in [-0.2, 0) is 23.5 Å². The van der Waals surface area contributed by atoms with Gasteiger partial charge in [-0.05, 0) is 55.3 Å². The third kappa shape index (κ3) is 3.91. The van der Waals surface area contributed by atoms with Crippen LogP contribution in [0.2, 0.25) is 5.02 Å². The molecule has 0 saturated heterocycles. The molecule has 0 aliphatic carbocycles. The molecule has 0 unspecified atom stereocenters. The van der Waals surface area contributed by atoms with E-state index in [-0.39, 0.29) is 11.2 Å². The fourth-order valence-corrected chi connectivity index (χ4v) is 7.02. The van der Waals surface area contributed by atoms with Crippen LogP contribution in [-0.4, -0.2) is 31.9 Å². The maximum atomic E-state index is 14.1. The van der Waals surface area contributed by atoms with Gasteiger partial charge >= 0.3 is 0 Å². The number of halogens is 1. The first-order valence-corrected chi connectivity index (χ1v) is 13.6. The van der Waals surface area contributed by atoms with E-state index in [4.69, 9.17) is 21.1 Å². The largest absolute Gasteiger partial charge is 0.497 e. The number of fused-ring (bicyclic) bond motifs is 5. The maximum absolute atomic E-state index is 14.1. The molecule has 0 radical (unpaired) electrons. The minimum atomic E-state index is -0.345. The second-order valence-corrected chi connectivity index (χ2v) is 11.7. The van der Waals surface area contributed by atoms with Crippen molar-refractivity contribution in [1.82, 2.24) is 19.2 Å². The van der Waals surface area contributed by atoms with E-state index in [1.165, 1.54) is 0 Å². The van der Waals surface area contributed by atoms with Gasteiger partial charge in [-0.3, -0.25) is 4.79 Å². The van der Waals surface area contributed by atoms with Crippen molar-refractivity contribution in [3.8, 4) is 11.4 Å². The van der Waals surface area contributed by atoms with Gasteiger partial charge in [0.1, 0.15) is 10.6 Å². The van der Waals surface area contributed by atoms with E-state index in [0.29, 0.717) is 51.6 Å². The summed E-state index contributed by atoms with van der Waals surface area (Å²) in [5, 5.41) is 11.1. The lowest BCUT2D eigenvalue weighted by Crippen LogP contribution is -2.32. The number of thioether (sulfide) groups is 1. The van der Waals surface area contributed by atoms with Crippen LogP contribution in [0.25, 0.3) is 21.7 Å². The van der Waals surface area contributed by atoms with E-state index in [0.717, 1.165) is 20.8 Å². The quantitative estimate of drug-likeness (QED) is 0.259. The highest BCUT2D eigenvalue weighted by molar-refractivity contribution is 7.98. The predicted molar refractivity (Wildman–Crippen MR) is 144 cm³/mol. The highest BCUT2D eigenvalue weighted by Gasteiger charge is 2.32. The molecule has 0 N–H and O–H groups in total. The molecule has 2 aromatic carbocycles. The Hall–Kier alpha value is -2.85. The van der Waals surface area contributed by atoms with E-state index >= 15 is 0 Å². The summed E-state index contributed by atoms with van der Waals surface area (Å²) in [6.07, 6.45) is 0.663. The van der Waals surface area contributed by atoms with Crippen LogP contribution in [0.1, 0.15) is 29.9 Å². The zero-order valence-electron chi connectivity index (χ0n) is 19.9. The van der Waals surface area contributed by atoms with E-state index < -0.39 is 0 Å². The number of hydrogen-bond acceptors (Lipinski definition) is 7. The molecule has 4 heterocycles. The minimum Gasteiger partial charge on any atom is -0.497 e. The zero-order valence-corrected chi connectivity index (χ0v) is 22.3. The molecule has 5 aromatic rings. The fourth-order valence-electron chi connectivity index (χ4n) is 4.52. The van der Waals surface area contributed by atoms with Crippen LogP contribution in [0.5, 0.6) is 5.75 Å². The third-order valence-corrected chi connectivity index (χ3v) is 8.89. The molecule has 0 bridgehead atoms. The van der Waals surface area contributed by atoms with Crippen LogP contribution in [0, 0.1) is 0 Å². The van der Waals surface area contributed by atoms with Gasteiger partial charge in [0.05, 0.1) is 30.4 Å². The van der Waals surface area contributed by atoms with Gasteiger partial charge in [0, 0.05) is 22.1 Å². The summed E-state index contributed by atoms with van der Waals surface area (Å²) in [5.41, 5.74) is 2.32. The summed E-state index contributed by atoms with van der Waals surface area (Å²) in [5.74, 6) is 1.82. The molecule has 36 heavy (non-hydrogen) atoms. The first-order valence-electron chi connectivity index (χ1n) is 11.5. The standard InChI is InChI=1S/C26H23ClN4O3S2/c1-26(2)12-18-20(13-34-26)36-23-21(18)22(32)30(16-8-10-17(33-3)11-9-16)24-28-29-25(31(23)24)35-14-15-6-4-5-7-19(15)27/h4-11H,12-14H2,1-3H3. The first kappa shape index (κ1) is 23.5. The summed E-state index contributed by atoms with van der Waals surface area (Å²) in [6.45, 7) is 4.60. The van der Waals surface area contributed by atoms with Crippen LogP contribution < -0.4 is 10.3 Å². The SMILES string of the molecule is COc1ccc(-n2c(=O)c3c4c(sc3n3c(SCc5ccccc5Cl)nnc23)COC(C)(C)C4)cc1. The van der Waals surface area contributed by atoms with Crippen molar-refractivity contribution in [1.29, 1.82) is 0 Å². The van der Waals surface area contributed by atoms with Crippen LogP contribution >= 0.6 is 34.7 Å². The molecular formula is C26H23ClN4O3S2. The van der Waals surface area contributed by atoms with E-state index in [2.05, 4.69) is 24.0 Å². The molecule has 0 amide bonds. The molecule has 0 fully saturated rings. The van der Waals surface area contributed by atoms with Gasteiger partial charge in [0.15, 0.2) is 5.16 Å². The Labute approximate surface area is 220 Å². The van der Waals surface area contributed by atoms with Gasteiger partial charge in [0.25, 0.3) is 5.56 Å². The number of hydrogen-bond donors (Lipinski definition) is 0. The Balaban J connectivity index is 1.59. The Kier molecular flexibility index (Phi) is 5.83. The number of nitrogens with zero attached hydrogens (tertiary/aromatic N) is 4. The normalized spacial score (nSPS) is 14.9. The number of rotatable bonds is 5. The highest BCUT2D eigenvalue weighted by Crippen LogP contribution is 2.39. The summed E-state index contributed by atoms with van der Waals surface area (Å²) < 4.78 is 15.0. The van der Waals surface area contributed by atoms with Crippen molar-refractivity contribution >= 4 is 50.7 Å². The summed E-state index contributed by atoms with van der Waals surface area (Å²) in [7, 11) is 1.62. The number of thiophene rings is 1. The van der Waals surface area contributed by atoms with E-state index in [9.17, 15) is 4.79 Å². The molecule has 1 aliphatic heterocycles. The van der Waals surface area contributed by atoms with Gasteiger partial charge in [-0.2, -0.15) is 0 Å². The minimum absolute atomic E-state index is 0.104. The maximum Gasteiger partial charge on any atom is 0.268 e. The van der Waals surface area contributed by atoms with Gasteiger partial charge in [0.2, 0.25) is 5.78 Å². The van der Waals surface area contributed by atoms with Crippen molar-refractivity contribution in [2.24, 2.45) is 0 Å². The zero-order chi connectivity index (χ0) is 25.0. The second kappa shape index (κ2) is 8.92. The average molecular weight is 539 g/mol. The van der Waals surface area contributed by atoms with Gasteiger partial charge in [-0.15, -0.1) is 21.5 Å². The monoisotopic (exact) mass is 538 g/mol. The molecule has 6 rings (SSSR count).